The smallest absolute Gasteiger partial charge is 0.305 e. The maximum absolute atomic E-state index is 12.3. The van der Waals surface area contributed by atoms with E-state index in [2.05, 4.69) is 26.8 Å². The van der Waals surface area contributed by atoms with E-state index in [4.69, 9.17) is 4.74 Å². The SMILES string of the molecule is CCCCCC(=O)OC[C@]12CC[C@H]3[C@@H](CCC4=CC(=O)C=C[C@@]43C)[C@@H]1C[C@@H](C)C2. The van der Waals surface area contributed by atoms with Crippen molar-refractivity contribution in [3.05, 3.63) is 23.8 Å². The van der Waals surface area contributed by atoms with Crippen molar-refractivity contribution in [3.63, 3.8) is 0 Å². The fraction of sp³-hybridized carbons (Fsp3) is 0.769. The molecule has 0 aromatic carbocycles. The summed E-state index contributed by atoms with van der Waals surface area (Å²) >= 11 is 0. The highest BCUT2D eigenvalue weighted by atomic mass is 16.5. The van der Waals surface area contributed by atoms with Crippen molar-refractivity contribution in [2.75, 3.05) is 6.61 Å². The Kier molecular flexibility index (Phi) is 5.79. The van der Waals surface area contributed by atoms with E-state index in [-0.39, 0.29) is 22.6 Å². The van der Waals surface area contributed by atoms with Gasteiger partial charge in [-0.05, 0) is 80.8 Å². The minimum Gasteiger partial charge on any atom is -0.465 e. The van der Waals surface area contributed by atoms with Crippen molar-refractivity contribution in [1.82, 2.24) is 0 Å². The molecule has 3 heteroatoms. The highest BCUT2D eigenvalue weighted by Crippen LogP contribution is 2.65. The molecule has 160 valence electrons. The number of hydrogen-bond acceptors (Lipinski definition) is 3. The van der Waals surface area contributed by atoms with E-state index in [1.54, 1.807) is 6.08 Å². The largest absolute Gasteiger partial charge is 0.465 e. The lowest BCUT2D eigenvalue weighted by molar-refractivity contribution is -0.152. The number of hydrogen-bond donors (Lipinski definition) is 0. The molecule has 0 spiro atoms. The molecule has 0 radical (unpaired) electrons. The van der Waals surface area contributed by atoms with Gasteiger partial charge in [-0.25, -0.2) is 0 Å². The van der Waals surface area contributed by atoms with E-state index in [0.29, 0.717) is 36.7 Å². The number of unbranched alkanes of at least 4 members (excludes halogenated alkanes) is 2. The number of rotatable bonds is 6. The van der Waals surface area contributed by atoms with Crippen LogP contribution in [0.5, 0.6) is 0 Å². The summed E-state index contributed by atoms with van der Waals surface area (Å²) in [6, 6.07) is 0. The number of ether oxygens (including phenoxy) is 1. The summed E-state index contributed by atoms with van der Waals surface area (Å²) in [5, 5.41) is 0. The Morgan fingerprint density at radius 1 is 1.24 bits per heavy atom. The molecule has 3 fully saturated rings. The topological polar surface area (TPSA) is 43.4 Å². The minimum atomic E-state index is 0.00260. The summed E-state index contributed by atoms with van der Waals surface area (Å²) in [6.07, 6.45) is 16.7. The number of carbonyl (C=O) groups excluding carboxylic acids is 2. The van der Waals surface area contributed by atoms with Crippen molar-refractivity contribution in [3.8, 4) is 0 Å². The van der Waals surface area contributed by atoms with Crippen LogP contribution in [0.4, 0.5) is 0 Å². The molecular formula is C26H38O3. The molecule has 29 heavy (non-hydrogen) atoms. The zero-order valence-electron chi connectivity index (χ0n) is 18.5. The molecule has 0 saturated heterocycles. The average Bonchev–Trinajstić information content (AvgIpc) is 3.04. The van der Waals surface area contributed by atoms with Crippen molar-refractivity contribution in [2.24, 2.45) is 34.5 Å². The van der Waals surface area contributed by atoms with Gasteiger partial charge in [-0.15, -0.1) is 0 Å². The molecule has 0 heterocycles. The van der Waals surface area contributed by atoms with E-state index in [0.717, 1.165) is 32.1 Å². The van der Waals surface area contributed by atoms with Gasteiger partial charge >= 0.3 is 5.97 Å². The van der Waals surface area contributed by atoms with Gasteiger partial charge in [-0.3, -0.25) is 9.59 Å². The number of allylic oxidation sites excluding steroid dienone is 4. The maximum atomic E-state index is 12.3. The molecule has 0 aromatic rings. The van der Waals surface area contributed by atoms with E-state index in [1.165, 1.54) is 31.3 Å². The lowest BCUT2D eigenvalue weighted by atomic mass is 9.48. The molecule has 0 aliphatic heterocycles. The number of esters is 1. The van der Waals surface area contributed by atoms with Crippen LogP contribution in [0.25, 0.3) is 0 Å². The Bertz CT molecular complexity index is 719. The lowest BCUT2D eigenvalue weighted by Crippen LogP contribution is -2.50. The highest BCUT2D eigenvalue weighted by Gasteiger charge is 2.58. The molecule has 3 saturated carbocycles. The van der Waals surface area contributed by atoms with Crippen LogP contribution in [0.2, 0.25) is 0 Å². The Morgan fingerprint density at radius 3 is 2.86 bits per heavy atom. The highest BCUT2D eigenvalue weighted by molar-refractivity contribution is 6.01. The lowest BCUT2D eigenvalue weighted by Gasteiger charge is -2.56. The van der Waals surface area contributed by atoms with E-state index in [9.17, 15) is 9.59 Å². The van der Waals surface area contributed by atoms with Crippen LogP contribution in [0.1, 0.15) is 85.0 Å². The van der Waals surface area contributed by atoms with Crippen LogP contribution in [0, 0.1) is 34.5 Å². The molecule has 6 atom stereocenters. The number of carbonyl (C=O) groups is 2. The third-order valence-electron chi connectivity index (χ3n) is 8.81. The van der Waals surface area contributed by atoms with Crippen molar-refractivity contribution >= 4 is 11.8 Å². The quantitative estimate of drug-likeness (QED) is 0.405. The van der Waals surface area contributed by atoms with Gasteiger partial charge in [0.2, 0.25) is 0 Å². The first-order chi connectivity index (χ1) is 13.9. The maximum Gasteiger partial charge on any atom is 0.305 e. The van der Waals surface area contributed by atoms with Crippen LogP contribution < -0.4 is 0 Å². The third-order valence-corrected chi connectivity index (χ3v) is 8.81. The van der Waals surface area contributed by atoms with Gasteiger partial charge in [0.1, 0.15) is 0 Å². The predicted molar refractivity (Wildman–Crippen MR) is 115 cm³/mol. The standard InChI is InChI=1S/C26H38O3/c1-4-5-6-7-24(28)29-17-26-13-11-22-21(23(26)14-18(2)16-26)9-8-19-15-20(27)10-12-25(19,22)3/h10,12,15,18,21-23H,4-9,11,13-14,16-17H2,1-3H3/t18-,21-,22+,23+,25+,26-/m1/s1. The Balaban J connectivity index is 1.49. The van der Waals surface area contributed by atoms with Crippen LogP contribution in [-0.2, 0) is 14.3 Å². The third kappa shape index (κ3) is 3.75. The molecule has 0 bridgehead atoms. The molecule has 4 rings (SSSR count). The van der Waals surface area contributed by atoms with Gasteiger partial charge in [0.15, 0.2) is 5.78 Å². The van der Waals surface area contributed by atoms with Gasteiger partial charge < -0.3 is 4.74 Å². The second-order valence-corrected chi connectivity index (χ2v) is 10.7. The first kappa shape index (κ1) is 20.9. The molecule has 0 amide bonds. The fourth-order valence-corrected chi connectivity index (χ4v) is 7.43. The van der Waals surface area contributed by atoms with Crippen molar-refractivity contribution in [2.45, 2.75) is 85.0 Å². The van der Waals surface area contributed by atoms with E-state index in [1.807, 2.05) is 6.08 Å². The zero-order chi connectivity index (χ0) is 20.6. The number of ketones is 1. The molecule has 3 nitrogen and oxygen atoms in total. The monoisotopic (exact) mass is 398 g/mol. The molecular weight excluding hydrogens is 360 g/mol. The van der Waals surface area contributed by atoms with Crippen LogP contribution >= 0.6 is 0 Å². The van der Waals surface area contributed by atoms with E-state index < -0.39 is 0 Å². The van der Waals surface area contributed by atoms with Crippen molar-refractivity contribution in [1.29, 1.82) is 0 Å². The van der Waals surface area contributed by atoms with Gasteiger partial charge in [0, 0.05) is 17.3 Å². The van der Waals surface area contributed by atoms with Gasteiger partial charge in [0.05, 0.1) is 6.61 Å². The summed E-state index contributed by atoms with van der Waals surface area (Å²) in [4.78, 5) is 24.2. The van der Waals surface area contributed by atoms with Crippen LogP contribution in [-0.4, -0.2) is 18.4 Å². The Hall–Kier alpha value is -1.38. The van der Waals surface area contributed by atoms with Gasteiger partial charge in [-0.2, -0.15) is 0 Å². The summed E-state index contributed by atoms with van der Waals surface area (Å²) in [5.41, 5.74) is 1.59. The second-order valence-electron chi connectivity index (χ2n) is 10.7. The Labute approximate surface area is 176 Å². The first-order valence-electron chi connectivity index (χ1n) is 12.0. The van der Waals surface area contributed by atoms with E-state index >= 15 is 0 Å². The summed E-state index contributed by atoms with van der Waals surface area (Å²) in [7, 11) is 0. The fourth-order valence-electron chi connectivity index (χ4n) is 7.43. The average molecular weight is 399 g/mol. The van der Waals surface area contributed by atoms with Gasteiger partial charge in [0.25, 0.3) is 0 Å². The van der Waals surface area contributed by atoms with Crippen molar-refractivity contribution < 1.29 is 14.3 Å². The van der Waals surface area contributed by atoms with Gasteiger partial charge in [-0.1, -0.05) is 45.3 Å². The summed E-state index contributed by atoms with van der Waals surface area (Å²) in [6.45, 7) is 7.53. The molecule has 0 N–H and O–H groups in total. The van der Waals surface area contributed by atoms with Crippen LogP contribution in [0.15, 0.2) is 23.8 Å². The Morgan fingerprint density at radius 2 is 2.07 bits per heavy atom. The zero-order valence-corrected chi connectivity index (χ0v) is 18.5. The molecule has 4 aliphatic carbocycles. The molecule has 0 aromatic heterocycles. The van der Waals surface area contributed by atoms with Crippen LogP contribution in [0.3, 0.4) is 0 Å². The first-order valence-corrected chi connectivity index (χ1v) is 12.0. The normalized spacial score (nSPS) is 40.7. The molecule has 0 unspecified atom stereocenters. The molecule has 4 aliphatic rings. The summed E-state index contributed by atoms with van der Waals surface area (Å²) < 4.78 is 5.90. The second kappa shape index (κ2) is 8.04. The predicted octanol–water partition coefficient (Wildman–Crippen LogP) is 6.03. The number of fused-ring (bicyclic) bond motifs is 5. The minimum absolute atomic E-state index is 0.00260. The summed E-state index contributed by atoms with van der Waals surface area (Å²) in [5.74, 6) is 2.84.